The Labute approximate surface area is 297 Å². The SMILES string of the molecule is CCOCCOCCOC(=O)OC(OC(=O)[C@H]1CC[C@H]([C@@](C)(O)c2ccc(-c3cc(C)cc(Nc4cc(C(F)F)ccn4)n3)cn2)CC1)C(C)C. The van der Waals surface area contributed by atoms with E-state index in [0.29, 0.717) is 68.3 Å². The highest BCUT2D eigenvalue weighted by molar-refractivity contribution is 5.73. The number of nitrogens with zero attached hydrogens (tertiary/aromatic N) is 3. The average Bonchev–Trinajstić information content (AvgIpc) is 3.10. The predicted molar refractivity (Wildman–Crippen MR) is 184 cm³/mol. The lowest BCUT2D eigenvalue weighted by Crippen LogP contribution is -2.38. The Balaban J connectivity index is 1.29. The van der Waals surface area contributed by atoms with E-state index in [1.54, 1.807) is 39.1 Å². The molecule has 51 heavy (non-hydrogen) atoms. The third-order valence-electron chi connectivity index (χ3n) is 8.71. The van der Waals surface area contributed by atoms with Gasteiger partial charge in [0.15, 0.2) is 0 Å². The molecule has 4 rings (SSSR count). The number of pyridine rings is 3. The number of esters is 1. The second-order valence-corrected chi connectivity index (χ2v) is 13.0. The van der Waals surface area contributed by atoms with Crippen LogP contribution in [0.15, 0.2) is 48.8 Å². The zero-order valence-electron chi connectivity index (χ0n) is 29.8. The Kier molecular flexibility index (Phi) is 14.6. The number of carbonyl (C=O) groups is 2. The van der Waals surface area contributed by atoms with Crippen LogP contribution in [0.25, 0.3) is 11.3 Å². The largest absolute Gasteiger partial charge is 0.511 e. The maximum Gasteiger partial charge on any atom is 0.511 e. The van der Waals surface area contributed by atoms with Crippen LogP contribution in [0.4, 0.5) is 25.2 Å². The van der Waals surface area contributed by atoms with Crippen molar-refractivity contribution in [1.82, 2.24) is 15.0 Å². The summed E-state index contributed by atoms with van der Waals surface area (Å²) in [5.41, 5.74) is 1.29. The van der Waals surface area contributed by atoms with Crippen LogP contribution in [0.1, 0.15) is 76.6 Å². The Morgan fingerprint density at radius 1 is 0.961 bits per heavy atom. The monoisotopic (exact) mass is 714 g/mol. The lowest BCUT2D eigenvalue weighted by molar-refractivity contribution is -0.186. The van der Waals surface area contributed by atoms with Gasteiger partial charge in [-0.1, -0.05) is 13.8 Å². The van der Waals surface area contributed by atoms with E-state index in [9.17, 15) is 23.5 Å². The first kappa shape index (κ1) is 39.5. The van der Waals surface area contributed by atoms with E-state index in [0.717, 1.165) is 5.56 Å². The van der Waals surface area contributed by atoms with Crippen molar-refractivity contribution >= 4 is 23.8 Å². The number of carbonyl (C=O) groups excluding carboxylic acids is 2. The molecule has 0 aliphatic heterocycles. The summed E-state index contributed by atoms with van der Waals surface area (Å²) in [6.45, 7) is 10.7. The topological polar surface area (TPSA) is 151 Å². The maximum absolute atomic E-state index is 13.1. The minimum absolute atomic E-state index is 0.00684. The summed E-state index contributed by atoms with van der Waals surface area (Å²) in [5.74, 6) is -0.629. The summed E-state index contributed by atoms with van der Waals surface area (Å²) in [4.78, 5) is 38.6. The van der Waals surface area contributed by atoms with Gasteiger partial charge < -0.3 is 34.1 Å². The fourth-order valence-electron chi connectivity index (χ4n) is 5.79. The van der Waals surface area contributed by atoms with Gasteiger partial charge in [0, 0.05) is 36.0 Å². The maximum atomic E-state index is 13.1. The Morgan fingerprint density at radius 3 is 2.35 bits per heavy atom. The first-order chi connectivity index (χ1) is 24.4. The molecule has 278 valence electrons. The number of rotatable bonds is 17. The van der Waals surface area contributed by atoms with Crippen LogP contribution in [0.2, 0.25) is 0 Å². The van der Waals surface area contributed by atoms with Crippen molar-refractivity contribution in [2.45, 2.75) is 78.6 Å². The Morgan fingerprint density at radius 2 is 1.69 bits per heavy atom. The van der Waals surface area contributed by atoms with Crippen molar-refractivity contribution < 1.29 is 47.2 Å². The molecular weight excluding hydrogens is 666 g/mol. The number of anilines is 2. The van der Waals surface area contributed by atoms with E-state index < -0.39 is 36.4 Å². The molecule has 1 saturated carbocycles. The fraction of sp³-hybridized carbons (Fsp3) is 0.541. The molecule has 1 unspecified atom stereocenters. The van der Waals surface area contributed by atoms with Crippen LogP contribution in [0.3, 0.4) is 0 Å². The number of hydrogen-bond acceptors (Lipinski definition) is 12. The lowest BCUT2D eigenvalue weighted by atomic mass is 9.73. The number of alkyl halides is 2. The van der Waals surface area contributed by atoms with Crippen LogP contribution >= 0.6 is 0 Å². The molecule has 0 amide bonds. The van der Waals surface area contributed by atoms with Crippen molar-refractivity contribution in [2.24, 2.45) is 17.8 Å². The van der Waals surface area contributed by atoms with Crippen LogP contribution in [-0.4, -0.2) is 71.5 Å². The molecule has 2 atom stereocenters. The van der Waals surface area contributed by atoms with Crippen LogP contribution in [-0.2, 0) is 34.1 Å². The van der Waals surface area contributed by atoms with Gasteiger partial charge in [0.05, 0.1) is 37.1 Å². The predicted octanol–water partition coefficient (Wildman–Crippen LogP) is 7.27. The van der Waals surface area contributed by atoms with Gasteiger partial charge in [-0.15, -0.1) is 0 Å². The highest BCUT2D eigenvalue weighted by atomic mass is 19.3. The Hall–Kier alpha value is -4.27. The highest BCUT2D eigenvalue weighted by Crippen LogP contribution is 2.41. The summed E-state index contributed by atoms with van der Waals surface area (Å²) in [6.07, 6.45) is 0.396. The summed E-state index contributed by atoms with van der Waals surface area (Å²) >= 11 is 0. The second kappa shape index (κ2) is 18.8. The molecule has 1 fully saturated rings. The minimum Gasteiger partial charge on any atom is -0.432 e. The van der Waals surface area contributed by atoms with Crippen molar-refractivity contribution in [3.63, 3.8) is 0 Å². The molecule has 3 heterocycles. The number of aryl methyl sites for hydroxylation is 1. The van der Waals surface area contributed by atoms with Crippen molar-refractivity contribution in [3.8, 4) is 11.3 Å². The van der Waals surface area contributed by atoms with Crippen LogP contribution < -0.4 is 5.32 Å². The number of nitrogens with one attached hydrogen (secondary N) is 1. The molecule has 0 aromatic carbocycles. The standard InChI is InChI=1S/C37H48F2N4O8/c1-6-47-15-16-48-17-18-49-36(45)51-35(23(2)3)50-34(44)25-7-10-28(11-8-25)37(5,46)30-12-9-27(22-41-30)29-19-24(4)20-32(42-29)43-31-21-26(33(38)39)13-14-40-31/h9,12-14,19-23,25,28,33,35,46H,6-8,10-11,15-18H2,1-5H3,(H,40,42,43)/t25-,28-,35?,37-/m1/s1. The minimum atomic E-state index is -2.61. The van der Waals surface area contributed by atoms with Gasteiger partial charge in [-0.2, -0.15) is 0 Å². The lowest BCUT2D eigenvalue weighted by Gasteiger charge is -2.37. The summed E-state index contributed by atoms with van der Waals surface area (Å²) < 4.78 is 52.7. The number of halogens is 2. The van der Waals surface area contributed by atoms with E-state index in [2.05, 4.69) is 20.3 Å². The van der Waals surface area contributed by atoms with Gasteiger partial charge in [-0.05, 0) is 94.3 Å². The molecule has 0 bridgehead atoms. The van der Waals surface area contributed by atoms with Gasteiger partial charge in [-0.3, -0.25) is 9.78 Å². The zero-order valence-corrected chi connectivity index (χ0v) is 29.8. The zero-order chi connectivity index (χ0) is 37.0. The van der Waals surface area contributed by atoms with E-state index in [1.165, 1.54) is 18.3 Å². The normalized spacial score (nSPS) is 17.8. The number of ether oxygens (including phenoxy) is 5. The third-order valence-corrected chi connectivity index (χ3v) is 8.71. The van der Waals surface area contributed by atoms with E-state index in [4.69, 9.17) is 23.7 Å². The van der Waals surface area contributed by atoms with Crippen molar-refractivity contribution in [1.29, 1.82) is 0 Å². The van der Waals surface area contributed by atoms with Gasteiger partial charge in [0.2, 0.25) is 0 Å². The van der Waals surface area contributed by atoms with Crippen molar-refractivity contribution in [2.75, 3.05) is 38.4 Å². The first-order valence-corrected chi connectivity index (χ1v) is 17.3. The summed E-state index contributed by atoms with van der Waals surface area (Å²) in [7, 11) is 0. The summed E-state index contributed by atoms with van der Waals surface area (Å²) in [5, 5.41) is 14.6. The van der Waals surface area contributed by atoms with E-state index in [-0.39, 0.29) is 36.4 Å². The quantitative estimate of drug-likeness (QED) is 0.0822. The highest BCUT2D eigenvalue weighted by Gasteiger charge is 2.40. The van der Waals surface area contributed by atoms with E-state index >= 15 is 0 Å². The number of aromatic nitrogens is 3. The van der Waals surface area contributed by atoms with Crippen LogP contribution in [0, 0.1) is 24.7 Å². The van der Waals surface area contributed by atoms with Gasteiger partial charge >= 0.3 is 12.1 Å². The average molecular weight is 715 g/mol. The third kappa shape index (κ3) is 11.6. The molecule has 0 saturated heterocycles. The molecule has 3 aromatic heterocycles. The molecule has 0 radical (unpaired) electrons. The molecule has 0 spiro atoms. The molecule has 2 N–H and O–H groups in total. The summed E-state index contributed by atoms with van der Waals surface area (Å²) in [6, 6.07) is 9.80. The van der Waals surface area contributed by atoms with Gasteiger partial charge in [0.1, 0.15) is 23.8 Å². The second-order valence-electron chi connectivity index (χ2n) is 13.0. The molecule has 1 aliphatic carbocycles. The molecule has 12 nitrogen and oxygen atoms in total. The number of aliphatic hydroxyl groups is 1. The molecule has 3 aromatic rings. The number of hydrogen-bond donors (Lipinski definition) is 2. The van der Waals surface area contributed by atoms with E-state index in [1.807, 2.05) is 26.0 Å². The van der Waals surface area contributed by atoms with Crippen molar-refractivity contribution in [3.05, 3.63) is 65.6 Å². The first-order valence-electron chi connectivity index (χ1n) is 17.3. The molecular formula is C37H48F2N4O8. The van der Waals surface area contributed by atoms with Crippen LogP contribution in [0.5, 0.6) is 0 Å². The fourth-order valence-corrected chi connectivity index (χ4v) is 5.79. The van der Waals surface area contributed by atoms with Gasteiger partial charge in [-0.25, -0.2) is 23.5 Å². The molecule has 1 aliphatic rings. The Bertz CT molecular complexity index is 1570. The van der Waals surface area contributed by atoms with Gasteiger partial charge in [0.25, 0.3) is 12.7 Å². The smallest absolute Gasteiger partial charge is 0.432 e. The molecule has 14 heteroatoms.